The molecule has 0 aliphatic carbocycles. The second kappa shape index (κ2) is 6.36. The van der Waals surface area contributed by atoms with E-state index in [0.29, 0.717) is 17.4 Å². The van der Waals surface area contributed by atoms with Crippen molar-refractivity contribution in [3.8, 4) is 0 Å². The topological polar surface area (TPSA) is 20.3 Å². The number of hydrogen-bond acceptors (Lipinski definition) is 1. The summed E-state index contributed by atoms with van der Waals surface area (Å²) < 4.78 is 13.0. The molecule has 1 aromatic rings. The number of amides is 1. The van der Waals surface area contributed by atoms with E-state index in [0.717, 1.165) is 0 Å². The third-order valence-corrected chi connectivity index (χ3v) is 3.02. The van der Waals surface area contributed by atoms with Gasteiger partial charge in [-0.05, 0) is 32.0 Å². The average molecular weight is 323 g/mol. The Morgan fingerprint density at radius 1 is 1.53 bits per heavy atom. The molecule has 0 atom stereocenters. The van der Waals surface area contributed by atoms with Crippen molar-refractivity contribution in [2.24, 2.45) is 0 Å². The molecule has 0 saturated carbocycles. The van der Waals surface area contributed by atoms with Gasteiger partial charge in [0, 0.05) is 23.5 Å². The Morgan fingerprint density at radius 3 is 2.65 bits per heavy atom. The molecule has 0 aliphatic heterocycles. The Kier molecular flexibility index (Phi) is 5.40. The predicted octanol–water partition coefficient (Wildman–Crippen LogP) is 3.72. The smallest absolute Gasteiger partial charge is 0.254 e. The summed E-state index contributed by atoms with van der Waals surface area (Å²) in [6.07, 6.45) is 0. The van der Waals surface area contributed by atoms with Gasteiger partial charge < -0.3 is 4.90 Å². The van der Waals surface area contributed by atoms with Crippen molar-refractivity contribution >= 4 is 33.4 Å². The van der Waals surface area contributed by atoms with Gasteiger partial charge in [-0.3, -0.25) is 4.79 Å². The fraction of sp³-hybridized carbons (Fsp3) is 0.417. The molecule has 1 amide bonds. The number of alkyl halides is 1. The van der Waals surface area contributed by atoms with Gasteiger partial charge in [0.15, 0.2) is 0 Å². The molecule has 1 aromatic carbocycles. The van der Waals surface area contributed by atoms with Gasteiger partial charge in [-0.1, -0.05) is 27.5 Å². The SMILES string of the molecule is CC(C)N(CCBr)C(=O)c1ccc(F)c(Cl)c1. The molecular formula is C12H14BrClFNO. The molecule has 0 bridgehead atoms. The summed E-state index contributed by atoms with van der Waals surface area (Å²) in [6.45, 7) is 4.48. The lowest BCUT2D eigenvalue weighted by Crippen LogP contribution is -2.38. The molecule has 0 spiro atoms. The van der Waals surface area contributed by atoms with Crippen LogP contribution in [-0.4, -0.2) is 28.7 Å². The molecule has 0 unspecified atom stereocenters. The van der Waals surface area contributed by atoms with Crippen LogP contribution in [0.5, 0.6) is 0 Å². The first-order chi connectivity index (χ1) is 7.97. The van der Waals surface area contributed by atoms with Crippen molar-refractivity contribution < 1.29 is 9.18 Å². The first-order valence-electron chi connectivity index (χ1n) is 5.29. The Hall–Kier alpha value is -0.610. The van der Waals surface area contributed by atoms with E-state index in [-0.39, 0.29) is 17.0 Å². The molecule has 0 aliphatic rings. The number of rotatable bonds is 4. The second-order valence-corrected chi connectivity index (χ2v) is 5.11. The highest BCUT2D eigenvalue weighted by atomic mass is 79.9. The molecule has 0 saturated heterocycles. The van der Waals surface area contributed by atoms with Crippen molar-refractivity contribution in [2.75, 3.05) is 11.9 Å². The number of hydrogen-bond donors (Lipinski definition) is 0. The number of benzene rings is 1. The summed E-state index contributed by atoms with van der Waals surface area (Å²) in [5.74, 6) is -0.652. The molecule has 0 radical (unpaired) electrons. The van der Waals surface area contributed by atoms with Gasteiger partial charge in [-0.25, -0.2) is 4.39 Å². The summed E-state index contributed by atoms with van der Waals surface area (Å²) in [6, 6.07) is 4.11. The monoisotopic (exact) mass is 321 g/mol. The third-order valence-electron chi connectivity index (χ3n) is 2.38. The molecule has 0 heterocycles. The summed E-state index contributed by atoms with van der Waals surface area (Å²) in [7, 11) is 0. The second-order valence-electron chi connectivity index (χ2n) is 3.91. The number of nitrogens with zero attached hydrogens (tertiary/aromatic N) is 1. The van der Waals surface area contributed by atoms with Crippen LogP contribution in [0.2, 0.25) is 5.02 Å². The van der Waals surface area contributed by atoms with Crippen molar-refractivity contribution in [3.05, 3.63) is 34.6 Å². The third kappa shape index (κ3) is 3.68. The maximum Gasteiger partial charge on any atom is 0.254 e. The van der Waals surface area contributed by atoms with Crippen molar-refractivity contribution in [3.63, 3.8) is 0 Å². The molecule has 0 aromatic heterocycles. The van der Waals surface area contributed by atoms with Crippen LogP contribution in [0.3, 0.4) is 0 Å². The molecular weight excluding hydrogens is 308 g/mol. The molecule has 0 N–H and O–H groups in total. The first kappa shape index (κ1) is 14.5. The van der Waals surface area contributed by atoms with Gasteiger partial charge in [0.2, 0.25) is 0 Å². The number of halogens is 3. The standard InChI is InChI=1S/C12H14BrClFNO/c1-8(2)16(6-5-13)12(17)9-3-4-11(15)10(14)7-9/h3-4,7-8H,5-6H2,1-2H3. The van der Waals surface area contributed by atoms with E-state index in [4.69, 9.17) is 11.6 Å². The van der Waals surface area contributed by atoms with Gasteiger partial charge in [-0.15, -0.1) is 0 Å². The van der Waals surface area contributed by atoms with Crippen LogP contribution >= 0.6 is 27.5 Å². The summed E-state index contributed by atoms with van der Waals surface area (Å²) >= 11 is 8.97. The summed E-state index contributed by atoms with van der Waals surface area (Å²) in [5, 5.41) is 0.671. The summed E-state index contributed by atoms with van der Waals surface area (Å²) in [5.41, 5.74) is 0.408. The zero-order valence-corrected chi connectivity index (χ0v) is 12.1. The number of carbonyl (C=O) groups is 1. The fourth-order valence-electron chi connectivity index (χ4n) is 1.48. The quantitative estimate of drug-likeness (QED) is 0.774. The van der Waals surface area contributed by atoms with Crippen LogP contribution in [0.25, 0.3) is 0 Å². The van der Waals surface area contributed by atoms with E-state index in [2.05, 4.69) is 15.9 Å². The van der Waals surface area contributed by atoms with E-state index in [1.54, 1.807) is 4.90 Å². The maximum absolute atomic E-state index is 13.0. The molecule has 94 valence electrons. The van der Waals surface area contributed by atoms with Gasteiger partial charge in [-0.2, -0.15) is 0 Å². The normalized spacial score (nSPS) is 10.7. The minimum absolute atomic E-state index is 0.0293. The molecule has 1 rings (SSSR count). The van der Waals surface area contributed by atoms with Crippen LogP contribution in [0.4, 0.5) is 4.39 Å². The Balaban J connectivity index is 2.97. The van der Waals surface area contributed by atoms with E-state index < -0.39 is 5.82 Å². The minimum Gasteiger partial charge on any atom is -0.335 e. The van der Waals surface area contributed by atoms with E-state index in [1.807, 2.05) is 13.8 Å². The minimum atomic E-state index is -0.514. The fourth-order valence-corrected chi connectivity index (χ4v) is 2.04. The lowest BCUT2D eigenvalue weighted by molar-refractivity contribution is 0.0719. The summed E-state index contributed by atoms with van der Waals surface area (Å²) in [4.78, 5) is 13.9. The molecule has 0 fully saturated rings. The van der Waals surface area contributed by atoms with Crippen LogP contribution in [0, 0.1) is 5.82 Å². The van der Waals surface area contributed by atoms with E-state index in [1.165, 1.54) is 18.2 Å². The van der Waals surface area contributed by atoms with Crippen LogP contribution in [0.1, 0.15) is 24.2 Å². The van der Waals surface area contributed by atoms with Gasteiger partial charge >= 0.3 is 0 Å². The zero-order chi connectivity index (χ0) is 13.0. The van der Waals surface area contributed by atoms with E-state index in [9.17, 15) is 9.18 Å². The predicted molar refractivity (Wildman–Crippen MR) is 71.4 cm³/mol. The Bertz CT molecular complexity index is 411. The zero-order valence-electron chi connectivity index (χ0n) is 9.71. The first-order valence-corrected chi connectivity index (χ1v) is 6.79. The van der Waals surface area contributed by atoms with Crippen molar-refractivity contribution in [2.45, 2.75) is 19.9 Å². The van der Waals surface area contributed by atoms with Crippen molar-refractivity contribution in [1.82, 2.24) is 4.90 Å². The largest absolute Gasteiger partial charge is 0.335 e. The maximum atomic E-state index is 13.0. The Labute approximate surface area is 114 Å². The highest BCUT2D eigenvalue weighted by Crippen LogP contribution is 2.18. The van der Waals surface area contributed by atoms with Crippen molar-refractivity contribution in [1.29, 1.82) is 0 Å². The van der Waals surface area contributed by atoms with Gasteiger partial charge in [0.25, 0.3) is 5.91 Å². The molecule has 17 heavy (non-hydrogen) atoms. The molecule has 2 nitrogen and oxygen atoms in total. The highest BCUT2D eigenvalue weighted by Gasteiger charge is 2.18. The lowest BCUT2D eigenvalue weighted by Gasteiger charge is -2.26. The highest BCUT2D eigenvalue weighted by molar-refractivity contribution is 9.09. The lowest BCUT2D eigenvalue weighted by atomic mass is 10.1. The van der Waals surface area contributed by atoms with Crippen LogP contribution < -0.4 is 0 Å². The van der Waals surface area contributed by atoms with Crippen LogP contribution in [-0.2, 0) is 0 Å². The molecule has 5 heteroatoms. The van der Waals surface area contributed by atoms with Gasteiger partial charge in [0.1, 0.15) is 5.82 Å². The van der Waals surface area contributed by atoms with Gasteiger partial charge in [0.05, 0.1) is 5.02 Å². The van der Waals surface area contributed by atoms with E-state index >= 15 is 0 Å². The average Bonchev–Trinajstić information content (AvgIpc) is 2.28. The Morgan fingerprint density at radius 2 is 2.18 bits per heavy atom. The number of carbonyl (C=O) groups excluding carboxylic acids is 1. The van der Waals surface area contributed by atoms with Crippen LogP contribution in [0.15, 0.2) is 18.2 Å².